The summed E-state index contributed by atoms with van der Waals surface area (Å²) in [6.45, 7) is 7.22. The minimum absolute atomic E-state index is 0.0606. The number of amides is 1. The van der Waals surface area contributed by atoms with Gasteiger partial charge in [0.1, 0.15) is 23.2 Å². The van der Waals surface area contributed by atoms with E-state index in [2.05, 4.69) is 10.6 Å². The van der Waals surface area contributed by atoms with Gasteiger partial charge in [-0.3, -0.25) is 14.4 Å². The summed E-state index contributed by atoms with van der Waals surface area (Å²) in [5.41, 5.74) is -8.17. The molecule has 0 unspecified atom stereocenters. The number of nitrogens with one attached hydrogen (secondary N) is 2. The standard InChI is InChI=1S/C29H28F7N3O3/c1-26(2,3)24(25(42)39-11-5-10-27(39,4)15-6-8-18(30)9-7-15)38-21-20(22(40)23(21)41)37-19-13-16(28(31,32)33)12-17(14-19)29(34,35)36/h6-9,12-14,24,37-38H,5,10-11H2,1-4H3/t24-,27-/m1/s1. The third kappa shape index (κ3) is 5.86. The van der Waals surface area contributed by atoms with Crippen LogP contribution in [0.4, 0.5) is 47.8 Å². The second-order valence-electron chi connectivity index (χ2n) is 11.6. The van der Waals surface area contributed by atoms with Gasteiger partial charge < -0.3 is 15.5 Å². The number of hydrogen-bond donors (Lipinski definition) is 2. The molecule has 42 heavy (non-hydrogen) atoms. The molecule has 0 aliphatic carbocycles. The first-order valence-corrected chi connectivity index (χ1v) is 13.0. The van der Waals surface area contributed by atoms with Gasteiger partial charge in [-0.2, -0.15) is 26.3 Å². The van der Waals surface area contributed by atoms with Crippen LogP contribution in [0.1, 0.15) is 57.2 Å². The molecule has 0 bridgehead atoms. The molecule has 2 N–H and O–H groups in total. The van der Waals surface area contributed by atoms with Gasteiger partial charge in [-0.05, 0) is 61.1 Å². The summed E-state index contributed by atoms with van der Waals surface area (Å²) in [5.74, 6) is -0.903. The zero-order chi connectivity index (χ0) is 31.4. The number of hydrogen-bond acceptors (Lipinski definition) is 5. The van der Waals surface area contributed by atoms with Crippen LogP contribution in [0.3, 0.4) is 0 Å². The molecule has 0 spiro atoms. The van der Waals surface area contributed by atoms with Crippen LogP contribution in [-0.4, -0.2) is 23.4 Å². The summed E-state index contributed by atoms with van der Waals surface area (Å²) >= 11 is 0. The summed E-state index contributed by atoms with van der Waals surface area (Å²) in [6, 6.07) is 5.29. The van der Waals surface area contributed by atoms with E-state index in [1.165, 1.54) is 12.1 Å². The third-order valence-electron chi connectivity index (χ3n) is 7.54. The maximum atomic E-state index is 14.0. The lowest BCUT2D eigenvalue weighted by atomic mass is 9.83. The lowest BCUT2D eigenvalue weighted by molar-refractivity contribution is -0.143. The molecule has 1 amide bonds. The van der Waals surface area contributed by atoms with Crippen molar-refractivity contribution in [3.63, 3.8) is 0 Å². The van der Waals surface area contributed by atoms with Crippen molar-refractivity contribution in [2.24, 2.45) is 5.41 Å². The van der Waals surface area contributed by atoms with Gasteiger partial charge in [0.15, 0.2) is 0 Å². The van der Waals surface area contributed by atoms with Gasteiger partial charge in [0.2, 0.25) is 5.91 Å². The zero-order valence-corrected chi connectivity index (χ0v) is 23.1. The Morgan fingerprint density at radius 2 is 1.40 bits per heavy atom. The number of rotatable bonds is 6. The zero-order valence-electron chi connectivity index (χ0n) is 23.1. The lowest BCUT2D eigenvalue weighted by Crippen LogP contribution is -2.55. The van der Waals surface area contributed by atoms with Crippen molar-refractivity contribution in [2.75, 3.05) is 17.2 Å². The number of carbonyl (C=O) groups excluding carboxylic acids is 1. The van der Waals surface area contributed by atoms with Crippen molar-refractivity contribution in [1.82, 2.24) is 4.90 Å². The van der Waals surface area contributed by atoms with E-state index in [0.717, 1.165) is 0 Å². The van der Waals surface area contributed by atoms with E-state index in [0.29, 0.717) is 37.1 Å². The average Bonchev–Trinajstić information content (AvgIpc) is 3.28. The average molecular weight is 600 g/mol. The van der Waals surface area contributed by atoms with Crippen molar-refractivity contribution in [3.8, 4) is 0 Å². The van der Waals surface area contributed by atoms with Crippen LogP contribution < -0.4 is 21.5 Å². The fourth-order valence-electron chi connectivity index (χ4n) is 5.19. The Balaban J connectivity index is 1.69. The van der Waals surface area contributed by atoms with Crippen molar-refractivity contribution < 1.29 is 35.5 Å². The van der Waals surface area contributed by atoms with E-state index in [-0.39, 0.29) is 6.07 Å². The van der Waals surface area contributed by atoms with Crippen LogP contribution in [0.2, 0.25) is 0 Å². The van der Waals surface area contributed by atoms with Gasteiger partial charge in [-0.25, -0.2) is 4.39 Å². The quantitative estimate of drug-likeness (QED) is 0.248. The number of likely N-dealkylation sites (tertiary alicyclic amines) is 1. The summed E-state index contributed by atoms with van der Waals surface area (Å²) < 4.78 is 93.5. The number of benzene rings is 2. The van der Waals surface area contributed by atoms with Crippen molar-refractivity contribution in [2.45, 2.75) is 64.5 Å². The molecule has 4 rings (SSSR count). The van der Waals surface area contributed by atoms with Crippen LogP contribution in [0.25, 0.3) is 0 Å². The number of alkyl halides is 6. The topological polar surface area (TPSA) is 78.5 Å². The molecule has 13 heteroatoms. The van der Waals surface area contributed by atoms with Gasteiger partial charge in [0, 0.05) is 12.2 Å². The molecular weight excluding hydrogens is 571 g/mol. The van der Waals surface area contributed by atoms with E-state index in [9.17, 15) is 45.1 Å². The molecule has 1 saturated heterocycles. The number of nitrogens with zero attached hydrogens (tertiary/aromatic N) is 1. The predicted molar refractivity (Wildman–Crippen MR) is 143 cm³/mol. The number of carbonyl (C=O) groups is 1. The Morgan fingerprint density at radius 3 is 1.90 bits per heavy atom. The molecule has 226 valence electrons. The highest BCUT2D eigenvalue weighted by Crippen LogP contribution is 2.42. The van der Waals surface area contributed by atoms with Crippen molar-refractivity contribution in [3.05, 3.63) is 85.4 Å². The minimum Gasteiger partial charge on any atom is -0.368 e. The van der Waals surface area contributed by atoms with Gasteiger partial charge in [-0.1, -0.05) is 32.9 Å². The highest BCUT2D eigenvalue weighted by molar-refractivity contribution is 5.89. The Hall–Kier alpha value is -3.90. The maximum absolute atomic E-state index is 14.0. The summed E-state index contributed by atoms with van der Waals surface area (Å²) in [7, 11) is 0. The van der Waals surface area contributed by atoms with E-state index < -0.39 is 80.1 Å². The molecule has 1 aliphatic heterocycles. The van der Waals surface area contributed by atoms with Crippen LogP contribution >= 0.6 is 0 Å². The van der Waals surface area contributed by atoms with Crippen LogP contribution in [-0.2, 0) is 22.7 Å². The number of anilines is 3. The SMILES string of the molecule is CC(C)(C)[C@H](Nc1c(Nc2cc(C(F)(F)F)cc(C(F)(F)F)c2)c(=O)c1=O)C(=O)N1CCC[C@]1(C)c1ccc(F)cc1. The first-order chi connectivity index (χ1) is 19.2. The monoisotopic (exact) mass is 599 g/mol. The first-order valence-electron chi connectivity index (χ1n) is 13.0. The molecule has 3 aromatic rings. The second kappa shape index (κ2) is 10.4. The van der Waals surface area contributed by atoms with E-state index in [1.807, 2.05) is 6.92 Å². The molecular formula is C29H28F7N3O3. The predicted octanol–water partition coefficient (Wildman–Crippen LogP) is 6.57. The highest BCUT2D eigenvalue weighted by atomic mass is 19.4. The Morgan fingerprint density at radius 1 is 0.881 bits per heavy atom. The van der Waals surface area contributed by atoms with Gasteiger partial charge in [0.25, 0.3) is 10.9 Å². The second-order valence-corrected chi connectivity index (χ2v) is 11.6. The third-order valence-corrected chi connectivity index (χ3v) is 7.54. The van der Waals surface area contributed by atoms with Gasteiger partial charge in [-0.15, -0.1) is 0 Å². The summed E-state index contributed by atoms with van der Waals surface area (Å²) in [5, 5.41) is 4.99. The number of halogens is 7. The van der Waals surface area contributed by atoms with E-state index >= 15 is 0 Å². The molecule has 3 aromatic carbocycles. The van der Waals surface area contributed by atoms with Gasteiger partial charge in [0.05, 0.1) is 16.7 Å². The Labute approximate surface area is 236 Å². The largest absolute Gasteiger partial charge is 0.416 e. The van der Waals surface area contributed by atoms with Crippen LogP contribution in [0.5, 0.6) is 0 Å². The highest BCUT2D eigenvalue weighted by Gasteiger charge is 2.46. The molecule has 6 nitrogen and oxygen atoms in total. The summed E-state index contributed by atoms with van der Waals surface area (Å²) in [6.07, 6.45) is -9.06. The van der Waals surface area contributed by atoms with E-state index in [4.69, 9.17) is 0 Å². The molecule has 0 saturated carbocycles. The van der Waals surface area contributed by atoms with E-state index in [1.54, 1.807) is 37.8 Å². The minimum atomic E-state index is -5.12. The fraction of sp³-hybridized carbons (Fsp3) is 0.414. The van der Waals surface area contributed by atoms with Crippen molar-refractivity contribution >= 4 is 23.0 Å². The molecule has 2 atom stereocenters. The smallest absolute Gasteiger partial charge is 0.368 e. The normalized spacial score (nSPS) is 18.8. The fourth-order valence-corrected chi connectivity index (χ4v) is 5.19. The molecule has 1 fully saturated rings. The Kier molecular flexibility index (Phi) is 7.71. The molecule has 0 aromatic heterocycles. The lowest BCUT2D eigenvalue weighted by Gasteiger charge is -2.41. The first kappa shape index (κ1) is 31.0. The molecule has 1 heterocycles. The van der Waals surface area contributed by atoms with Crippen molar-refractivity contribution in [1.29, 1.82) is 0 Å². The molecule has 0 radical (unpaired) electrons. The Bertz CT molecular complexity index is 1530. The maximum Gasteiger partial charge on any atom is 0.416 e. The van der Waals surface area contributed by atoms with Crippen LogP contribution in [0.15, 0.2) is 52.1 Å². The summed E-state index contributed by atoms with van der Waals surface area (Å²) in [4.78, 5) is 40.6. The molecule has 1 aliphatic rings. The van der Waals surface area contributed by atoms with Crippen LogP contribution in [0, 0.1) is 11.2 Å². The van der Waals surface area contributed by atoms with Gasteiger partial charge >= 0.3 is 12.4 Å².